The average Bonchev–Trinajstić information content (AvgIpc) is 2.21. The number of hydrogen-bond acceptors (Lipinski definition) is 2. The quantitative estimate of drug-likeness (QED) is 0.895. The topological polar surface area (TPSA) is 41.1 Å². The number of benzene rings is 1. The van der Waals surface area contributed by atoms with Crippen LogP contribution >= 0.6 is 15.9 Å². The molecular formula is C12H15BrF2N2O. The second-order valence-electron chi connectivity index (χ2n) is 4.27. The van der Waals surface area contributed by atoms with E-state index in [1.54, 1.807) is 6.92 Å². The predicted molar refractivity (Wildman–Crippen MR) is 70.4 cm³/mol. The minimum atomic E-state index is -0.744. The van der Waals surface area contributed by atoms with Crippen LogP contribution in [0.25, 0.3) is 0 Å². The van der Waals surface area contributed by atoms with Gasteiger partial charge in [-0.25, -0.2) is 8.78 Å². The molecule has 0 aliphatic heterocycles. The minimum Gasteiger partial charge on any atom is -0.369 e. The Morgan fingerprint density at radius 3 is 2.17 bits per heavy atom. The molecule has 1 aromatic carbocycles. The summed E-state index contributed by atoms with van der Waals surface area (Å²) in [5, 5.41) is 5.19. The summed E-state index contributed by atoms with van der Waals surface area (Å²) in [4.78, 5) is 11.6. The minimum absolute atomic E-state index is 0.0265. The molecule has 0 aliphatic carbocycles. The SMILES string of the molecule is CC(C)NC(=O)C(C)Nc1c(F)cc(Br)cc1F. The standard InChI is InChI=1S/C12H15BrF2N2O/c1-6(2)16-12(18)7(3)17-11-9(14)4-8(13)5-10(11)15/h4-7,17H,1-3H3,(H,16,18). The first-order valence-corrected chi connectivity index (χ1v) is 6.32. The second kappa shape index (κ2) is 6.13. The fourth-order valence-electron chi connectivity index (χ4n) is 1.37. The molecule has 1 unspecified atom stereocenters. The van der Waals surface area contributed by atoms with Gasteiger partial charge in [0.15, 0.2) is 0 Å². The van der Waals surface area contributed by atoms with Crippen LogP contribution in [-0.4, -0.2) is 18.0 Å². The monoisotopic (exact) mass is 320 g/mol. The molecule has 0 saturated heterocycles. The molecule has 0 heterocycles. The summed E-state index contributed by atoms with van der Waals surface area (Å²) in [6, 6.07) is 1.52. The Bertz CT molecular complexity index is 429. The molecule has 1 aromatic rings. The van der Waals surface area contributed by atoms with Gasteiger partial charge in [-0.05, 0) is 32.9 Å². The molecule has 0 saturated carbocycles. The highest BCUT2D eigenvalue weighted by atomic mass is 79.9. The molecule has 2 N–H and O–H groups in total. The summed E-state index contributed by atoms with van der Waals surface area (Å²) in [6.07, 6.45) is 0. The zero-order valence-electron chi connectivity index (χ0n) is 10.4. The van der Waals surface area contributed by atoms with Crippen molar-refractivity contribution in [2.45, 2.75) is 32.9 Å². The molecular weight excluding hydrogens is 306 g/mol. The van der Waals surface area contributed by atoms with E-state index < -0.39 is 17.7 Å². The number of amides is 1. The Kier molecular flexibility index (Phi) is 5.07. The smallest absolute Gasteiger partial charge is 0.242 e. The lowest BCUT2D eigenvalue weighted by Crippen LogP contribution is -2.41. The first-order chi connectivity index (χ1) is 8.31. The lowest BCUT2D eigenvalue weighted by molar-refractivity contribution is -0.122. The fourth-order valence-corrected chi connectivity index (χ4v) is 1.77. The van der Waals surface area contributed by atoms with Crippen LogP contribution in [0.3, 0.4) is 0 Å². The lowest BCUT2D eigenvalue weighted by Gasteiger charge is -2.18. The molecule has 0 aromatic heterocycles. The van der Waals surface area contributed by atoms with Crippen molar-refractivity contribution in [1.82, 2.24) is 5.32 Å². The highest BCUT2D eigenvalue weighted by Crippen LogP contribution is 2.24. The van der Waals surface area contributed by atoms with Crippen LogP contribution in [0.15, 0.2) is 16.6 Å². The van der Waals surface area contributed by atoms with Gasteiger partial charge in [0, 0.05) is 10.5 Å². The Morgan fingerprint density at radius 1 is 1.22 bits per heavy atom. The predicted octanol–water partition coefficient (Wildman–Crippen LogP) is 3.05. The van der Waals surface area contributed by atoms with E-state index in [1.165, 1.54) is 0 Å². The number of carbonyl (C=O) groups is 1. The molecule has 1 rings (SSSR count). The number of halogens is 3. The highest BCUT2D eigenvalue weighted by Gasteiger charge is 2.18. The Labute approximate surface area is 113 Å². The van der Waals surface area contributed by atoms with Gasteiger partial charge >= 0.3 is 0 Å². The molecule has 0 aliphatic rings. The zero-order valence-corrected chi connectivity index (χ0v) is 11.9. The summed E-state index contributed by atoms with van der Waals surface area (Å²) < 4.78 is 27.4. The second-order valence-corrected chi connectivity index (χ2v) is 5.19. The van der Waals surface area contributed by atoms with Crippen LogP contribution in [0.2, 0.25) is 0 Å². The number of nitrogens with one attached hydrogen (secondary N) is 2. The van der Waals surface area contributed by atoms with Crippen molar-refractivity contribution < 1.29 is 13.6 Å². The van der Waals surface area contributed by atoms with E-state index in [9.17, 15) is 13.6 Å². The third kappa shape index (κ3) is 3.94. The summed E-state index contributed by atoms with van der Waals surface area (Å²) in [5.74, 6) is -1.80. The summed E-state index contributed by atoms with van der Waals surface area (Å²) in [5.41, 5.74) is -0.301. The van der Waals surface area contributed by atoms with E-state index in [1.807, 2.05) is 13.8 Å². The van der Waals surface area contributed by atoms with Gasteiger partial charge in [0.1, 0.15) is 23.4 Å². The summed E-state index contributed by atoms with van der Waals surface area (Å²) in [7, 11) is 0. The first-order valence-electron chi connectivity index (χ1n) is 5.52. The third-order valence-electron chi connectivity index (χ3n) is 2.19. The van der Waals surface area contributed by atoms with E-state index in [4.69, 9.17) is 0 Å². The van der Waals surface area contributed by atoms with Crippen molar-refractivity contribution in [3.05, 3.63) is 28.2 Å². The molecule has 0 bridgehead atoms. The van der Waals surface area contributed by atoms with Crippen molar-refractivity contribution in [1.29, 1.82) is 0 Å². The van der Waals surface area contributed by atoms with Gasteiger partial charge in [0.25, 0.3) is 0 Å². The number of anilines is 1. The average molecular weight is 321 g/mol. The maximum Gasteiger partial charge on any atom is 0.242 e. The normalized spacial score (nSPS) is 12.4. The summed E-state index contributed by atoms with van der Waals surface area (Å²) >= 11 is 2.99. The van der Waals surface area contributed by atoms with Gasteiger partial charge in [-0.1, -0.05) is 15.9 Å². The highest BCUT2D eigenvalue weighted by molar-refractivity contribution is 9.10. The molecule has 0 radical (unpaired) electrons. The Hall–Kier alpha value is -1.17. The Morgan fingerprint density at radius 2 is 1.72 bits per heavy atom. The van der Waals surface area contributed by atoms with E-state index >= 15 is 0 Å². The first kappa shape index (κ1) is 14.9. The molecule has 18 heavy (non-hydrogen) atoms. The molecule has 6 heteroatoms. The maximum atomic E-state index is 13.5. The van der Waals surface area contributed by atoms with E-state index in [0.29, 0.717) is 4.47 Å². The molecule has 3 nitrogen and oxygen atoms in total. The zero-order chi connectivity index (χ0) is 13.9. The van der Waals surface area contributed by atoms with Crippen LogP contribution in [-0.2, 0) is 4.79 Å². The van der Waals surface area contributed by atoms with E-state index in [-0.39, 0.29) is 17.6 Å². The summed E-state index contributed by atoms with van der Waals surface area (Å²) in [6.45, 7) is 5.16. The van der Waals surface area contributed by atoms with Gasteiger partial charge in [-0.15, -0.1) is 0 Å². The van der Waals surface area contributed by atoms with Crippen molar-refractivity contribution in [3.63, 3.8) is 0 Å². The van der Waals surface area contributed by atoms with Crippen molar-refractivity contribution in [3.8, 4) is 0 Å². The third-order valence-corrected chi connectivity index (χ3v) is 2.65. The Balaban J connectivity index is 2.82. The number of carbonyl (C=O) groups excluding carboxylic acids is 1. The molecule has 1 amide bonds. The largest absolute Gasteiger partial charge is 0.369 e. The fraction of sp³-hybridized carbons (Fsp3) is 0.417. The van der Waals surface area contributed by atoms with Gasteiger partial charge in [0.2, 0.25) is 5.91 Å². The molecule has 0 spiro atoms. The van der Waals surface area contributed by atoms with Gasteiger partial charge in [-0.2, -0.15) is 0 Å². The molecule has 1 atom stereocenters. The van der Waals surface area contributed by atoms with Gasteiger partial charge in [-0.3, -0.25) is 4.79 Å². The number of hydrogen-bond donors (Lipinski definition) is 2. The van der Waals surface area contributed by atoms with Crippen molar-refractivity contribution >= 4 is 27.5 Å². The lowest BCUT2D eigenvalue weighted by atomic mass is 10.2. The maximum absolute atomic E-state index is 13.5. The van der Waals surface area contributed by atoms with Crippen LogP contribution in [0.1, 0.15) is 20.8 Å². The van der Waals surface area contributed by atoms with Crippen LogP contribution in [0, 0.1) is 11.6 Å². The number of rotatable bonds is 4. The van der Waals surface area contributed by atoms with Crippen LogP contribution < -0.4 is 10.6 Å². The van der Waals surface area contributed by atoms with Crippen LogP contribution in [0.5, 0.6) is 0 Å². The van der Waals surface area contributed by atoms with Gasteiger partial charge < -0.3 is 10.6 Å². The van der Waals surface area contributed by atoms with Crippen molar-refractivity contribution in [2.75, 3.05) is 5.32 Å². The van der Waals surface area contributed by atoms with E-state index in [0.717, 1.165) is 12.1 Å². The van der Waals surface area contributed by atoms with Crippen molar-refractivity contribution in [2.24, 2.45) is 0 Å². The van der Waals surface area contributed by atoms with Crippen LogP contribution in [0.4, 0.5) is 14.5 Å². The molecule has 100 valence electrons. The van der Waals surface area contributed by atoms with E-state index in [2.05, 4.69) is 26.6 Å². The van der Waals surface area contributed by atoms with Gasteiger partial charge in [0.05, 0.1) is 0 Å². The molecule has 0 fully saturated rings.